The Kier molecular flexibility index (Phi) is 10.0. The van der Waals surface area contributed by atoms with Crippen LogP contribution in [0.5, 0.6) is 11.6 Å². The summed E-state index contributed by atoms with van der Waals surface area (Å²) in [5.74, 6) is 1.81. The summed E-state index contributed by atoms with van der Waals surface area (Å²) in [6.45, 7) is 8.07. The molecule has 7 rings (SSSR count). The molecule has 0 amide bonds. The molecule has 1 N–H and O–H groups in total. The number of nitrogens with zero attached hydrogens (tertiary/aromatic N) is 10. The number of tetrazole rings is 1. The van der Waals surface area contributed by atoms with Gasteiger partial charge in [0.15, 0.2) is 0 Å². The minimum Gasteiger partial charge on any atom is -0.487 e. The van der Waals surface area contributed by atoms with Gasteiger partial charge >= 0.3 is 0 Å². The van der Waals surface area contributed by atoms with E-state index in [-0.39, 0.29) is 6.10 Å². The molecule has 1 saturated carbocycles. The Morgan fingerprint density at radius 3 is 2.56 bits per heavy atom. The summed E-state index contributed by atoms with van der Waals surface area (Å²) < 4.78 is 27.1. The molecule has 1 aliphatic carbocycles. The van der Waals surface area contributed by atoms with Gasteiger partial charge in [-0.1, -0.05) is 6.07 Å². The average molecular weight is 656 g/mol. The van der Waals surface area contributed by atoms with E-state index in [9.17, 15) is 5.26 Å². The van der Waals surface area contributed by atoms with E-state index in [1.54, 1.807) is 23.1 Å². The summed E-state index contributed by atoms with van der Waals surface area (Å²) >= 11 is 0. The number of aromatic nitrogens is 8. The Balaban J connectivity index is 1.04. The highest BCUT2D eigenvalue weighted by Gasteiger charge is 2.29. The van der Waals surface area contributed by atoms with E-state index in [1.165, 1.54) is 6.33 Å². The molecular weight excluding hydrogens is 614 g/mol. The Morgan fingerprint density at radius 2 is 1.83 bits per heavy atom. The summed E-state index contributed by atoms with van der Waals surface area (Å²) in [6, 6.07) is 8.55. The summed E-state index contributed by atoms with van der Waals surface area (Å²) in [5.41, 5.74) is 2.79. The maximum Gasteiger partial charge on any atom is 0.256 e. The van der Waals surface area contributed by atoms with E-state index in [2.05, 4.69) is 46.5 Å². The maximum atomic E-state index is 9.67. The van der Waals surface area contributed by atoms with Crippen molar-refractivity contribution >= 4 is 11.6 Å². The van der Waals surface area contributed by atoms with Gasteiger partial charge in [-0.05, 0) is 67.2 Å². The first-order valence-corrected chi connectivity index (χ1v) is 16.7. The van der Waals surface area contributed by atoms with Gasteiger partial charge in [0.05, 0.1) is 50.8 Å². The first kappa shape index (κ1) is 31.9. The second kappa shape index (κ2) is 15.1. The second-order valence-corrected chi connectivity index (χ2v) is 12.7. The van der Waals surface area contributed by atoms with Gasteiger partial charge in [0.2, 0.25) is 5.95 Å². The zero-order chi connectivity index (χ0) is 32.7. The van der Waals surface area contributed by atoms with Crippen molar-refractivity contribution in [2.75, 3.05) is 51.4 Å². The normalized spacial score (nSPS) is 22.2. The molecule has 0 radical (unpaired) electrons. The van der Waals surface area contributed by atoms with Crippen molar-refractivity contribution in [1.29, 1.82) is 5.26 Å². The SMILES string of the molecule is C[C@@H](Cn1cnnn1)Oc1cc(-c2cnc(Nc3cn([C@H]4CC[C@H](N5CCOCC5)CC4)nc3OC[C@H]3CCOC3)nc2)ccc1C#N. The highest BCUT2D eigenvalue weighted by atomic mass is 16.5. The predicted molar refractivity (Wildman–Crippen MR) is 174 cm³/mol. The zero-order valence-electron chi connectivity index (χ0n) is 27.1. The molecule has 0 unspecified atom stereocenters. The fraction of sp³-hybridized carbons (Fsp3) is 0.545. The van der Waals surface area contributed by atoms with Gasteiger partial charge in [0, 0.05) is 49.6 Å². The Bertz CT molecular complexity index is 1650. The lowest BCUT2D eigenvalue weighted by molar-refractivity contribution is 0.00502. The molecule has 3 aliphatic rings. The third-order valence-electron chi connectivity index (χ3n) is 9.28. The number of ether oxygens (including phenoxy) is 4. The minimum atomic E-state index is -0.267. The van der Waals surface area contributed by atoms with E-state index in [0.717, 1.165) is 81.8 Å². The van der Waals surface area contributed by atoms with Crippen LogP contribution in [0.15, 0.2) is 43.1 Å². The van der Waals surface area contributed by atoms with Crippen molar-refractivity contribution in [3.05, 3.63) is 48.7 Å². The molecule has 252 valence electrons. The summed E-state index contributed by atoms with van der Waals surface area (Å²) in [6.07, 6.45) is 12.2. The molecule has 15 heteroatoms. The van der Waals surface area contributed by atoms with Crippen LogP contribution < -0.4 is 14.8 Å². The molecule has 0 spiro atoms. The van der Waals surface area contributed by atoms with Crippen LogP contribution in [0.25, 0.3) is 11.1 Å². The van der Waals surface area contributed by atoms with Crippen LogP contribution >= 0.6 is 0 Å². The highest BCUT2D eigenvalue weighted by molar-refractivity contribution is 5.67. The van der Waals surface area contributed by atoms with Gasteiger partial charge in [-0.15, -0.1) is 10.2 Å². The molecule has 3 aromatic heterocycles. The monoisotopic (exact) mass is 655 g/mol. The van der Waals surface area contributed by atoms with Gasteiger partial charge in [0.1, 0.15) is 29.9 Å². The summed E-state index contributed by atoms with van der Waals surface area (Å²) in [5, 5.41) is 29.1. The van der Waals surface area contributed by atoms with Crippen LogP contribution in [0.1, 0.15) is 50.6 Å². The third kappa shape index (κ3) is 7.73. The fourth-order valence-corrected chi connectivity index (χ4v) is 6.63. The van der Waals surface area contributed by atoms with Crippen LogP contribution in [0.4, 0.5) is 11.6 Å². The van der Waals surface area contributed by atoms with Gasteiger partial charge in [-0.25, -0.2) is 14.6 Å². The van der Waals surface area contributed by atoms with Crippen LogP contribution in [0.2, 0.25) is 0 Å². The lowest BCUT2D eigenvalue weighted by Gasteiger charge is -2.38. The van der Waals surface area contributed by atoms with Gasteiger partial charge in [-0.2, -0.15) is 5.26 Å². The Hall–Kier alpha value is -4.65. The molecule has 3 fully saturated rings. The van der Waals surface area contributed by atoms with Crippen LogP contribution in [-0.4, -0.2) is 103 Å². The molecule has 1 aromatic carbocycles. The van der Waals surface area contributed by atoms with E-state index in [1.807, 2.05) is 25.3 Å². The van der Waals surface area contributed by atoms with E-state index in [4.69, 9.17) is 24.0 Å². The largest absolute Gasteiger partial charge is 0.487 e. The molecule has 5 heterocycles. The van der Waals surface area contributed by atoms with E-state index >= 15 is 0 Å². The third-order valence-corrected chi connectivity index (χ3v) is 9.28. The van der Waals surface area contributed by atoms with Gasteiger partial charge in [0.25, 0.3) is 5.88 Å². The first-order chi connectivity index (χ1) is 23.6. The van der Waals surface area contributed by atoms with Crippen LogP contribution in [-0.2, 0) is 16.0 Å². The molecule has 15 nitrogen and oxygen atoms in total. The van der Waals surface area contributed by atoms with Crippen molar-refractivity contribution in [3.8, 4) is 28.8 Å². The quantitative estimate of drug-likeness (QED) is 0.236. The number of hydrogen-bond acceptors (Lipinski definition) is 13. The molecule has 2 saturated heterocycles. The minimum absolute atomic E-state index is 0.267. The van der Waals surface area contributed by atoms with Crippen molar-refractivity contribution in [2.24, 2.45) is 5.92 Å². The highest BCUT2D eigenvalue weighted by Crippen LogP contribution is 2.35. The number of rotatable bonds is 12. The van der Waals surface area contributed by atoms with E-state index in [0.29, 0.717) is 60.9 Å². The molecule has 0 bridgehead atoms. The van der Waals surface area contributed by atoms with Crippen LogP contribution in [0.3, 0.4) is 0 Å². The standard InChI is InChI=1S/C33H41N11O4/c1-23(18-43-22-37-40-41-43)48-31-14-25(2-3-26(31)15-34)27-16-35-33(36-17-27)38-30-19-44(39-32(30)47-21-24-8-11-46-20-24)29-6-4-28(5-7-29)42-9-12-45-13-10-42/h2-3,14,16-17,19,22-24,28-29H,4-13,18,20-21H2,1H3,(H,35,36,38)/t23-,24-,28-,29-/m0/s1. The lowest BCUT2D eigenvalue weighted by atomic mass is 9.90. The van der Waals surface area contributed by atoms with Crippen molar-refractivity contribution in [2.45, 2.75) is 63.8 Å². The Labute approximate surface area is 279 Å². The van der Waals surface area contributed by atoms with Crippen molar-refractivity contribution < 1.29 is 18.9 Å². The van der Waals surface area contributed by atoms with Gasteiger partial charge < -0.3 is 24.3 Å². The Morgan fingerprint density at radius 1 is 1.02 bits per heavy atom. The number of hydrogen-bond donors (Lipinski definition) is 1. The summed E-state index contributed by atoms with van der Waals surface area (Å²) in [7, 11) is 0. The molecule has 2 atom stereocenters. The van der Waals surface area contributed by atoms with E-state index < -0.39 is 0 Å². The number of nitrogens with one attached hydrogen (secondary N) is 1. The number of anilines is 2. The fourth-order valence-electron chi connectivity index (χ4n) is 6.63. The molecular formula is C33H41N11O4. The smallest absolute Gasteiger partial charge is 0.256 e. The predicted octanol–water partition coefficient (Wildman–Crippen LogP) is 3.64. The molecule has 2 aliphatic heterocycles. The zero-order valence-corrected chi connectivity index (χ0v) is 27.1. The molecule has 48 heavy (non-hydrogen) atoms. The maximum absolute atomic E-state index is 9.67. The lowest BCUT2D eigenvalue weighted by Crippen LogP contribution is -2.45. The number of morpholine rings is 1. The topological polar surface area (TPSA) is 163 Å². The van der Waals surface area contributed by atoms with Crippen molar-refractivity contribution in [1.82, 2.24) is 44.9 Å². The first-order valence-electron chi connectivity index (χ1n) is 16.7. The number of nitriles is 1. The van der Waals surface area contributed by atoms with Gasteiger partial charge in [-0.3, -0.25) is 9.58 Å². The molecule has 4 aromatic rings. The van der Waals surface area contributed by atoms with Crippen molar-refractivity contribution in [3.63, 3.8) is 0 Å². The van der Waals surface area contributed by atoms with Crippen LogP contribution in [0, 0.1) is 17.2 Å². The summed E-state index contributed by atoms with van der Waals surface area (Å²) in [4.78, 5) is 11.8. The average Bonchev–Trinajstić information content (AvgIpc) is 3.92. The second-order valence-electron chi connectivity index (χ2n) is 12.7. The number of benzene rings is 1.